The Kier molecular flexibility index (Phi) is 8.06. The number of nitrogens with zero attached hydrogens (tertiary/aromatic N) is 2. The molecule has 5 atom stereocenters. The van der Waals surface area contributed by atoms with Gasteiger partial charge in [-0.3, -0.25) is 9.88 Å². The van der Waals surface area contributed by atoms with Gasteiger partial charge in [0.2, 0.25) is 10.0 Å². The second-order valence-electron chi connectivity index (χ2n) is 10.1. The molecule has 0 spiro atoms. The number of carbonyl (C=O) groups is 1. The predicted molar refractivity (Wildman–Crippen MR) is 148 cm³/mol. The van der Waals surface area contributed by atoms with Crippen LogP contribution in [-0.4, -0.2) is 55.8 Å². The Hall–Kier alpha value is -3.27. The molecule has 1 amide bonds. The van der Waals surface area contributed by atoms with Crippen LogP contribution in [0.2, 0.25) is 0 Å². The number of rotatable bonds is 10. The molecule has 2 bridgehead atoms. The van der Waals surface area contributed by atoms with Gasteiger partial charge in [0, 0.05) is 30.7 Å². The second-order valence-corrected chi connectivity index (χ2v) is 11.9. The van der Waals surface area contributed by atoms with Gasteiger partial charge in [0.15, 0.2) is 0 Å². The van der Waals surface area contributed by atoms with Crippen LogP contribution in [0.4, 0.5) is 4.79 Å². The predicted octanol–water partition coefficient (Wildman–Crippen LogP) is 4.02. The quantitative estimate of drug-likeness (QED) is 0.381. The largest absolute Gasteiger partial charge is 0.445 e. The third-order valence-electron chi connectivity index (χ3n) is 7.72. The molecule has 38 heavy (non-hydrogen) atoms. The maximum atomic E-state index is 13.3. The van der Waals surface area contributed by atoms with Gasteiger partial charge < -0.3 is 10.1 Å². The number of ether oxygens (including phenoxy) is 1. The fraction of sp³-hybridized carbons (Fsp3) is 0.379. The van der Waals surface area contributed by atoms with Crippen molar-refractivity contribution < 1.29 is 17.9 Å². The molecule has 3 aliphatic rings. The smallest absolute Gasteiger partial charge is 0.407 e. The Morgan fingerprint density at radius 1 is 1.16 bits per heavy atom. The molecule has 2 aromatic carbocycles. The highest BCUT2D eigenvalue weighted by Crippen LogP contribution is 2.42. The number of benzene rings is 2. The summed E-state index contributed by atoms with van der Waals surface area (Å²) in [6.45, 7) is 5.91. The number of nitrogens with one attached hydrogen (secondary N) is 2. The minimum atomic E-state index is -3.73. The van der Waals surface area contributed by atoms with Crippen molar-refractivity contribution in [3.63, 3.8) is 0 Å². The first-order valence-corrected chi connectivity index (χ1v) is 14.7. The molecular weight excluding hydrogens is 500 g/mol. The zero-order valence-corrected chi connectivity index (χ0v) is 22.1. The minimum absolute atomic E-state index is 0.0225. The molecule has 3 aromatic rings. The van der Waals surface area contributed by atoms with Crippen LogP contribution < -0.4 is 10.0 Å². The summed E-state index contributed by atoms with van der Waals surface area (Å²) in [6.07, 6.45) is 5.12. The van der Waals surface area contributed by atoms with E-state index in [9.17, 15) is 13.2 Å². The zero-order chi connectivity index (χ0) is 26.5. The molecule has 200 valence electrons. The molecule has 9 heteroatoms. The molecule has 4 unspecified atom stereocenters. The number of sulfonamides is 1. The first-order valence-electron chi connectivity index (χ1n) is 13.1. The van der Waals surface area contributed by atoms with Crippen molar-refractivity contribution in [2.45, 2.75) is 31.5 Å². The molecule has 4 heterocycles. The van der Waals surface area contributed by atoms with E-state index in [-0.39, 0.29) is 24.9 Å². The van der Waals surface area contributed by atoms with Gasteiger partial charge in [0.05, 0.1) is 17.3 Å². The van der Waals surface area contributed by atoms with E-state index >= 15 is 0 Å². The van der Waals surface area contributed by atoms with E-state index in [0.29, 0.717) is 11.8 Å². The van der Waals surface area contributed by atoms with Crippen LogP contribution >= 0.6 is 0 Å². The van der Waals surface area contributed by atoms with Crippen LogP contribution in [0.3, 0.4) is 0 Å². The molecule has 1 aromatic heterocycles. The lowest BCUT2D eigenvalue weighted by atomic mass is 9.73. The fourth-order valence-electron chi connectivity index (χ4n) is 5.78. The van der Waals surface area contributed by atoms with Gasteiger partial charge in [-0.1, -0.05) is 54.6 Å². The van der Waals surface area contributed by atoms with Crippen molar-refractivity contribution >= 4 is 27.0 Å². The molecule has 0 radical (unpaired) electrons. The average Bonchev–Trinajstić information content (AvgIpc) is 2.95. The number of carbonyl (C=O) groups excluding carboxylic acids is 1. The van der Waals surface area contributed by atoms with Crippen LogP contribution in [0, 0.1) is 11.8 Å². The Morgan fingerprint density at radius 3 is 2.71 bits per heavy atom. The van der Waals surface area contributed by atoms with Crippen molar-refractivity contribution in [3.8, 4) is 0 Å². The van der Waals surface area contributed by atoms with E-state index in [1.54, 1.807) is 6.20 Å². The zero-order valence-electron chi connectivity index (χ0n) is 21.3. The summed E-state index contributed by atoms with van der Waals surface area (Å²) in [5.74, 6) is 0.666. The summed E-state index contributed by atoms with van der Waals surface area (Å²) in [6, 6.07) is 18.6. The lowest BCUT2D eigenvalue weighted by Gasteiger charge is -2.51. The van der Waals surface area contributed by atoms with Gasteiger partial charge in [-0.15, -0.1) is 6.58 Å². The van der Waals surface area contributed by atoms with Crippen molar-refractivity contribution in [2.75, 3.05) is 25.4 Å². The third-order valence-corrected chi connectivity index (χ3v) is 9.07. The number of alkyl carbamates (subject to hydrolysis) is 1. The van der Waals surface area contributed by atoms with Crippen LogP contribution in [-0.2, 0) is 21.4 Å². The maximum absolute atomic E-state index is 13.3. The number of para-hydroxylation sites is 1. The van der Waals surface area contributed by atoms with E-state index in [4.69, 9.17) is 4.74 Å². The molecule has 2 N–H and O–H groups in total. The summed E-state index contributed by atoms with van der Waals surface area (Å²) in [7, 11) is -3.73. The van der Waals surface area contributed by atoms with E-state index in [1.165, 1.54) is 0 Å². The molecular formula is C29H34N4O4S. The molecule has 0 aliphatic carbocycles. The lowest BCUT2D eigenvalue weighted by Crippen LogP contribution is -2.57. The number of hydrogen-bond donors (Lipinski definition) is 2. The summed E-state index contributed by atoms with van der Waals surface area (Å²) < 4.78 is 34.9. The SMILES string of the molecule is C=CC1CN2CCC1CC2[C@@H](NS(=O)(=O)CCNC(=O)OCc1ccccc1)c1ccnc2ccccc12. The molecule has 3 fully saturated rings. The number of amides is 1. The average molecular weight is 535 g/mol. The molecule has 6 rings (SSSR count). The highest BCUT2D eigenvalue weighted by atomic mass is 32.2. The highest BCUT2D eigenvalue weighted by molar-refractivity contribution is 7.89. The van der Waals surface area contributed by atoms with Gasteiger partial charge in [0.25, 0.3) is 0 Å². The second kappa shape index (κ2) is 11.6. The number of hydrogen-bond acceptors (Lipinski definition) is 6. The van der Waals surface area contributed by atoms with Gasteiger partial charge in [-0.05, 0) is 54.5 Å². The van der Waals surface area contributed by atoms with E-state index in [1.807, 2.05) is 66.7 Å². The van der Waals surface area contributed by atoms with Gasteiger partial charge in [0.1, 0.15) is 6.61 Å². The summed E-state index contributed by atoms with van der Waals surface area (Å²) >= 11 is 0. The van der Waals surface area contributed by atoms with Crippen molar-refractivity contribution in [3.05, 3.63) is 90.6 Å². The standard InChI is InChI=1S/C29H34N4O4S/c1-2-22-19-33-16-13-23(22)18-27(33)28(25-12-14-30-26-11-7-6-10-24(25)26)32-38(35,36)17-15-31-29(34)37-20-21-8-4-3-5-9-21/h2-12,14,22-23,27-28,32H,1,13,15-20H2,(H,31,34)/t22?,23?,27?,28-/m0/s1. The minimum Gasteiger partial charge on any atom is -0.445 e. The number of pyridine rings is 1. The Labute approximate surface area is 224 Å². The number of fused-ring (bicyclic) bond motifs is 4. The summed E-state index contributed by atoms with van der Waals surface area (Å²) in [4.78, 5) is 19.0. The van der Waals surface area contributed by atoms with Crippen LogP contribution in [0.25, 0.3) is 10.9 Å². The van der Waals surface area contributed by atoms with Crippen LogP contribution in [0.15, 0.2) is 79.5 Å². The van der Waals surface area contributed by atoms with E-state index in [0.717, 1.165) is 48.0 Å². The van der Waals surface area contributed by atoms with Gasteiger partial charge >= 0.3 is 6.09 Å². The number of piperidine rings is 3. The molecule has 8 nitrogen and oxygen atoms in total. The molecule has 3 aliphatic heterocycles. The van der Waals surface area contributed by atoms with Crippen molar-refractivity contribution in [1.29, 1.82) is 0 Å². The maximum Gasteiger partial charge on any atom is 0.407 e. The lowest BCUT2D eigenvalue weighted by molar-refractivity contribution is 0.00490. The third kappa shape index (κ3) is 6.06. The van der Waals surface area contributed by atoms with E-state index < -0.39 is 22.2 Å². The Morgan fingerprint density at radius 2 is 1.95 bits per heavy atom. The Bertz CT molecular complexity index is 1380. The fourth-order valence-corrected chi connectivity index (χ4v) is 6.94. The van der Waals surface area contributed by atoms with E-state index in [2.05, 4.69) is 26.5 Å². The molecule has 3 saturated heterocycles. The van der Waals surface area contributed by atoms with Gasteiger partial charge in [-0.25, -0.2) is 17.9 Å². The van der Waals surface area contributed by atoms with Crippen LogP contribution in [0.5, 0.6) is 0 Å². The topological polar surface area (TPSA) is 101 Å². The Balaban J connectivity index is 1.29. The number of aromatic nitrogens is 1. The first kappa shape index (κ1) is 26.3. The summed E-state index contributed by atoms with van der Waals surface area (Å²) in [5.41, 5.74) is 2.61. The normalized spacial score (nSPS) is 23.6. The summed E-state index contributed by atoms with van der Waals surface area (Å²) in [5, 5.41) is 3.50. The first-order chi connectivity index (χ1) is 18.4. The van der Waals surface area contributed by atoms with Crippen molar-refractivity contribution in [1.82, 2.24) is 19.9 Å². The van der Waals surface area contributed by atoms with Crippen molar-refractivity contribution in [2.24, 2.45) is 11.8 Å². The molecule has 0 saturated carbocycles. The van der Waals surface area contributed by atoms with Gasteiger partial charge in [-0.2, -0.15) is 0 Å². The van der Waals surface area contributed by atoms with Crippen LogP contribution in [0.1, 0.15) is 30.0 Å². The highest BCUT2D eigenvalue weighted by Gasteiger charge is 2.43. The monoisotopic (exact) mass is 534 g/mol.